The van der Waals surface area contributed by atoms with Gasteiger partial charge in [0.2, 0.25) is 0 Å². The lowest BCUT2D eigenvalue weighted by Crippen LogP contribution is -2.42. The summed E-state index contributed by atoms with van der Waals surface area (Å²) in [5.74, 6) is 1.31. The van der Waals surface area contributed by atoms with Crippen LogP contribution in [0.3, 0.4) is 0 Å². The molecule has 1 aliphatic heterocycles. The van der Waals surface area contributed by atoms with Crippen LogP contribution in [0.4, 0.5) is 0 Å². The lowest BCUT2D eigenvalue weighted by Gasteiger charge is -2.29. The van der Waals surface area contributed by atoms with Gasteiger partial charge in [0.05, 0.1) is 16.6 Å². The maximum Gasteiger partial charge on any atom is 0.268 e. The maximum absolute atomic E-state index is 13.2. The number of benzene rings is 1. The lowest BCUT2D eigenvalue weighted by atomic mass is 9.94. The molecule has 1 saturated carbocycles. The molecule has 3 rings (SSSR count). The van der Waals surface area contributed by atoms with Gasteiger partial charge < -0.3 is 4.74 Å². The fourth-order valence-electron chi connectivity index (χ4n) is 3.70. The Morgan fingerprint density at radius 3 is 2.31 bits per heavy atom. The number of hydrogen-bond donors (Lipinski definition) is 0. The average Bonchev–Trinajstić information content (AvgIpc) is 2.87. The number of thioether (sulfide) groups is 1. The first-order valence-corrected chi connectivity index (χ1v) is 10.5. The molecule has 0 aromatic heterocycles. The second-order valence-electron chi connectivity index (χ2n) is 7.10. The van der Waals surface area contributed by atoms with Crippen LogP contribution in [0.2, 0.25) is 0 Å². The topological polar surface area (TPSA) is 46.6 Å². The number of hydrogen-bond acceptors (Lipinski definition) is 4. The van der Waals surface area contributed by atoms with Gasteiger partial charge in [-0.3, -0.25) is 14.5 Å². The van der Waals surface area contributed by atoms with Crippen LogP contribution in [-0.2, 0) is 9.59 Å². The molecule has 2 aliphatic rings. The smallest absolute Gasteiger partial charge is 0.268 e. The molecule has 0 unspecified atom stereocenters. The lowest BCUT2D eigenvalue weighted by molar-refractivity contribution is -0.139. The number of ether oxygens (including phenoxy) is 1. The van der Waals surface area contributed by atoms with Gasteiger partial charge in [0.25, 0.3) is 11.8 Å². The summed E-state index contributed by atoms with van der Waals surface area (Å²) in [6.45, 7) is 5.97. The molecule has 1 fully saturated rings. The number of carbonyl (C=O) groups is 2. The zero-order chi connectivity index (χ0) is 18.7. The van der Waals surface area contributed by atoms with Crippen LogP contribution in [0.1, 0.15) is 58.4 Å². The molecule has 4 nitrogen and oxygen atoms in total. The molecule has 1 heterocycles. The van der Waals surface area contributed by atoms with Crippen molar-refractivity contribution in [3.8, 4) is 5.75 Å². The van der Waals surface area contributed by atoms with Crippen molar-refractivity contribution in [3.05, 3.63) is 34.7 Å². The van der Waals surface area contributed by atoms with Crippen molar-refractivity contribution in [1.82, 2.24) is 4.90 Å². The number of nitrogens with zero attached hydrogens (tertiary/aromatic N) is 1. The van der Waals surface area contributed by atoms with Crippen LogP contribution in [0, 0.1) is 0 Å². The van der Waals surface area contributed by atoms with E-state index < -0.39 is 0 Å². The number of imide groups is 1. The minimum atomic E-state index is -0.129. The highest BCUT2D eigenvalue weighted by Gasteiger charge is 2.42. The van der Waals surface area contributed by atoms with E-state index in [4.69, 9.17) is 4.74 Å². The van der Waals surface area contributed by atoms with Crippen LogP contribution in [0.25, 0.3) is 5.57 Å². The highest BCUT2D eigenvalue weighted by Crippen LogP contribution is 2.39. The Morgan fingerprint density at radius 1 is 1.08 bits per heavy atom. The predicted octanol–water partition coefficient (Wildman–Crippen LogP) is 4.64. The van der Waals surface area contributed by atoms with Crippen LogP contribution >= 0.6 is 11.8 Å². The Balaban J connectivity index is 1.91. The van der Waals surface area contributed by atoms with Gasteiger partial charge in [0.1, 0.15) is 5.75 Å². The first-order valence-electron chi connectivity index (χ1n) is 9.55. The van der Waals surface area contributed by atoms with E-state index in [2.05, 4.69) is 0 Å². The average molecular weight is 374 g/mol. The molecule has 140 valence electrons. The minimum Gasteiger partial charge on any atom is -0.491 e. The molecular weight excluding hydrogens is 346 g/mol. The monoisotopic (exact) mass is 373 g/mol. The fraction of sp³-hybridized carbons (Fsp3) is 0.524. The van der Waals surface area contributed by atoms with Gasteiger partial charge in [0, 0.05) is 6.04 Å². The summed E-state index contributed by atoms with van der Waals surface area (Å²) >= 11 is 1.47. The zero-order valence-electron chi connectivity index (χ0n) is 15.8. The van der Waals surface area contributed by atoms with Gasteiger partial charge in [0.15, 0.2) is 0 Å². The Bertz CT molecular complexity index is 702. The fourth-order valence-corrected chi connectivity index (χ4v) is 4.56. The molecule has 0 radical (unpaired) electrons. The Morgan fingerprint density at radius 2 is 1.73 bits per heavy atom. The summed E-state index contributed by atoms with van der Waals surface area (Å²) in [6, 6.07) is 7.57. The van der Waals surface area contributed by atoms with Gasteiger partial charge in [-0.1, -0.05) is 38.3 Å². The molecule has 0 N–H and O–H groups in total. The summed E-state index contributed by atoms with van der Waals surface area (Å²) in [5.41, 5.74) is 1.36. The summed E-state index contributed by atoms with van der Waals surface area (Å²) < 4.78 is 5.69. The van der Waals surface area contributed by atoms with Crippen LogP contribution in [-0.4, -0.2) is 34.6 Å². The highest BCUT2D eigenvalue weighted by molar-refractivity contribution is 8.04. The van der Waals surface area contributed by atoms with E-state index in [0.29, 0.717) is 10.5 Å². The number of rotatable bonds is 6. The molecule has 2 amide bonds. The van der Waals surface area contributed by atoms with Crippen LogP contribution in [0.5, 0.6) is 5.75 Å². The van der Waals surface area contributed by atoms with Gasteiger partial charge in [-0.15, -0.1) is 11.8 Å². The number of amides is 2. The van der Waals surface area contributed by atoms with Gasteiger partial charge in [-0.2, -0.15) is 0 Å². The highest BCUT2D eigenvalue weighted by atomic mass is 32.2. The van der Waals surface area contributed by atoms with E-state index in [1.807, 2.05) is 45.0 Å². The zero-order valence-corrected chi connectivity index (χ0v) is 16.6. The summed E-state index contributed by atoms with van der Waals surface area (Å²) in [7, 11) is 0. The molecule has 1 aliphatic carbocycles. The summed E-state index contributed by atoms with van der Waals surface area (Å²) in [5, 5.41) is 0. The quantitative estimate of drug-likeness (QED) is 0.682. The Kier molecular flexibility index (Phi) is 6.07. The molecule has 0 bridgehead atoms. The third-order valence-corrected chi connectivity index (χ3v) is 5.77. The molecule has 0 saturated heterocycles. The van der Waals surface area contributed by atoms with Crippen molar-refractivity contribution < 1.29 is 14.3 Å². The van der Waals surface area contributed by atoms with Gasteiger partial charge in [-0.05, 0) is 50.1 Å². The molecule has 5 heteroatoms. The largest absolute Gasteiger partial charge is 0.491 e. The van der Waals surface area contributed by atoms with Crippen molar-refractivity contribution >= 4 is 29.1 Å². The second-order valence-corrected chi connectivity index (χ2v) is 8.37. The van der Waals surface area contributed by atoms with E-state index in [1.54, 1.807) is 0 Å². The van der Waals surface area contributed by atoms with Crippen LogP contribution < -0.4 is 4.74 Å². The van der Waals surface area contributed by atoms with Crippen LogP contribution in [0.15, 0.2) is 29.2 Å². The first-order chi connectivity index (χ1) is 12.5. The SMILES string of the molecule is CCSC1=C(c2ccc(OC(C)C)cc2)C(=O)N(C2CCCCC2)C1=O. The Hall–Kier alpha value is -1.75. The van der Waals surface area contributed by atoms with Crippen molar-refractivity contribution in [3.63, 3.8) is 0 Å². The summed E-state index contributed by atoms with van der Waals surface area (Å²) in [4.78, 5) is 28.3. The third kappa shape index (κ3) is 3.83. The van der Waals surface area contributed by atoms with Gasteiger partial charge >= 0.3 is 0 Å². The van der Waals surface area contributed by atoms with Gasteiger partial charge in [-0.25, -0.2) is 0 Å². The maximum atomic E-state index is 13.2. The van der Waals surface area contributed by atoms with Crippen molar-refractivity contribution in [2.24, 2.45) is 0 Å². The molecule has 0 atom stereocenters. The molecule has 1 aromatic rings. The van der Waals surface area contributed by atoms with E-state index in [-0.39, 0.29) is 24.0 Å². The second kappa shape index (κ2) is 8.30. The van der Waals surface area contributed by atoms with E-state index >= 15 is 0 Å². The van der Waals surface area contributed by atoms with Crippen molar-refractivity contribution in [2.45, 2.75) is 65.0 Å². The van der Waals surface area contributed by atoms with E-state index in [9.17, 15) is 9.59 Å². The minimum absolute atomic E-state index is 0.0530. The van der Waals surface area contributed by atoms with E-state index in [1.165, 1.54) is 23.1 Å². The van der Waals surface area contributed by atoms with Crippen molar-refractivity contribution in [1.29, 1.82) is 0 Å². The standard InChI is InChI=1S/C21H27NO3S/c1-4-26-19-18(15-10-12-17(13-11-15)25-14(2)3)20(23)22(21(19)24)16-8-6-5-7-9-16/h10-14,16H,4-9H2,1-3H3. The molecule has 26 heavy (non-hydrogen) atoms. The molecule has 0 spiro atoms. The molecular formula is C21H27NO3S. The Labute approximate surface area is 160 Å². The van der Waals surface area contributed by atoms with Crippen molar-refractivity contribution in [2.75, 3.05) is 5.75 Å². The normalized spacial score (nSPS) is 19.0. The molecule has 1 aromatic carbocycles. The number of carbonyl (C=O) groups excluding carboxylic acids is 2. The third-order valence-electron chi connectivity index (χ3n) is 4.82. The van der Waals surface area contributed by atoms with E-state index in [0.717, 1.165) is 42.7 Å². The predicted molar refractivity (Wildman–Crippen MR) is 106 cm³/mol. The first kappa shape index (κ1) is 19.0. The summed E-state index contributed by atoms with van der Waals surface area (Å²) in [6.07, 6.45) is 5.33.